The van der Waals surface area contributed by atoms with Gasteiger partial charge in [-0.25, -0.2) is 4.79 Å². The Morgan fingerprint density at radius 2 is 1.62 bits per heavy atom. The molecule has 2 atom stereocenters. The molecule has 5 nitrogen and oxygen atoms in total. The minimum absolute atomic E-state index is 0.0233. The molecule has 2 aliphatic carbocycles. The van der Waals surface area contributed by atoms with Crippen LogP contribution in [0.5, 0.6) is 0 Å². The van der Waals surface area contributed by atoms with Gasteiger partial charge in [0.2, 0.25) is 0 Å². The average Bonchev–Trinajstić information content (AvgIpc) is 2.82. The zero-order valence-electron chi connectivity index (χ0n) is 14.9. The lowest BCUT2D eigenvalue weighted by Gasteiger charge is -2.38. The minimum Gasteiger partial charge on any atom is -0.350 e. The van der Waals surface area contributed by atoms with Gasteiger partial charge in [-0.1, -0.05) is 23.7 Å². The fourth-order valence-corrected chi connectivity index (χ4v) is 5.44. The van der Waals surface area contributed by atoms with Crippen molar-refractivity contribution in [3.05, 3.63) is 34.9 Å². The van der Waals surface area contributed by atoms with Crippen LogP contribution in [0.4, 0.5) is 4.79 Å². The van der Waals surface area contributed by atoms with Crippen molar-refractivity contribution < 1.29 is 9.59 Å². The maximum Gasteiger partial charge on any atom is 0.317 e. The molecule has 2 aliphatic heterocycles. The van der Waals surface area contributed by atoms with Crippen LogP contribution < -0.4 is 10.6 Å². The van der Waals surface area contributed by atoms with E-state index in [0.29, 0.717) is 35.6 Å². The molecule has 2 saturated heterocycles. The normalized spacial score (nSPS) is 29.3. The molecule has 6 heteroatoms. The first-order valence-electron chi connectivity index (χ1n) is 9.67. The highest BCUT2D eigenvalue weighted by molar-refractivity contribution is 6.33. The highest BCUT2D eigenvalue weighted by atomic mass is 35.5. The third kappa shape index (κ3) is 3.68. The molecule has 0 radical (unpaired) electrons. The van der Waals surface area contributed by atoms with Crippen molar-refractivity contribution in [2.45, 2.75) is 38.1 Å². The third-order valence-electron chi connectivity index (χ3n) is 6.17. The Morgan fingerprint density at radius 3 is 2.35 bits per heavy atom. The molecular weight excluding hydrogens is 350 g/mol. The summed E-state index contributed by atoms with van der Waals surface area (Å²) in [5.41, 5.74) is 0.459. The van der Waals surface area contributed by atoms with Crippen LogP contribution in [0.25, 0.3) is 0 Å². The highest BCUT2D eigenvalue weighted by Gasteiger charge is 2.43. The molecule has 2 N–H and O–H groups in total. The number of hydrogen-bond acceptors (Lipinski definition) is 2. The molecule has 140 valence electrons. The van der Waals surface area contributed by atoms with Gasteiger partial charge in [-0.15, -0.1) is 0 Å². The van der Waals surface area contributed by atoms with Crippen molar-refractivity contribution >= 4 is 23.5 Å². The maximum absolute atomic E-state index is 12.7. The summed E-state index contributed by atoms with van der Waals surface area (Å²) in [6.45, 7) is 1.72. The van der Waals surface area contributed by atoms with Gasteiger partial charge in [0.05, 0.1) is 10.6 Å². The SMILES string of the molecule is O=C(NCCNC(=O)N1CC2CC3CC(C2)CC1C3)c1ccccc1Cl. The second-order valence-corrected chi connectivity index (χ2v) is 8.46. The molecule has 1 aromatic carbocycles. The van der Waals surface area contributed by atoms with Crippen LogP contribution in [0.15, 0.2) is 24.3 Å². The van der Waals surface area contributed by atoms with E-state index < -0.39 is 0 Å². The van der Waals surface area contributed by atoms with Gasteiger partial charge in [0.25, 0.3) is 5.91 Å². The number of carbonyl (C=O) groups is 2. The predicted molar refractivity (Wildman–Crippen MR) is 101 cm³/mol. The molecule has 2 unspecified atom stereocenters. The van der Waals surface area contributed by atoms with E-state index in [4.69, 9.17) is 11.6 Å². The van der Waals surface area contributed by atoms with Crippen LogP contribution in [0.1, 0.15) is 42.5 Å². The number of amides is 3. The average molecular weight is 376 g/mol. The molecule has 0 aromatic heterocycles. The van der Waals surface area contributed by atoms with Crippen LogP contribution in [-0.2, 0) is 0 Å². The molecule has 3 amide bonds. The third-order valence-corrected chi connectivity index (χ3v) is 6.50. The first kappa shape index (κ1) is 17.7. The molecule has 2 saturated carbocycles. The second kappa shape index (κ2) is 7.47. The Balaban J connectivity index is 1.26. The smallest absolute Gasteiger partial charge is 0.317 e. The first-order chi connectivity index (χ1) is 12.6. The van der Waals surface area contributed by atoms with E-state index in [1.165, 1.54) is 32.1 Å². The van der Waals surface area contributed by atoms with Crippen LogP contribution >= 0.6 is 11.6 Å². The molecule has 1 aromatic rings. The number of nitrogens with one attached hydrogen (secondary N) is 2. The van der Waals surface area contributed by atoms with Crippen molar-refractivity contribution in [1.82, 2.24) is 15.5 Å². The lowest BCUT2D eigenvalue weighted by Crippen LogP contribution is -2.48. The maximum atomic E-state index is 12.7. The predicted octanol–water partition coefficient (Wildman–Crippen LogP) is 3.29. The zero-order chi connectivity index (χ0) is 18.1. The van der Waals surface area contributed by atoms with Gasteiger partial charge >= 0.3 is 6.03 Å². The van der Waals surface area contributed by atoms with Crippen LogP contribution in [0, 0.1) is 17.8 Å². The van der Waals surface area contributed by atoms with Crippen molar-refractivity contribution in [3.63, 3.8) is 0 Å². The van der Waals surface area contributed by atoms with E-state index >= 15 is 0 Å². The number of carbonyl (C=O) groups excluding carboxylic acids is 2. The summed E-state index contributed by atoms with van der Waals surface area (Å²) < 4.78 is 0. The fraction of sp³-hybridized carbons (Fsp3) is 0.600. The summed E-state index contributed by atoms with van der Waals surface area (Å²) in [4.78, 5) is 26.9. The summed E-state index contributed by atoms with van der Waals surface area (Å²) in [6.07, 6.45) is 6.30. The summed E-state index contributed by atoms with van der Waals surface area (Å²) in [7, 11) is 0. The van der Waals surface area contributed by atoms with E-state index in [1.807, 2.05) is 0 Å². The monoisotopic (exact) mass is 375 g/mol. The largest absolute Gasteiger partial charge is 0.350 e. The van der Waals surface area contributed by atoms with Gasteiger partial charge in [-0.3, -0.25) is 4.79 Å². The first-order valence-corrected chi connectivity index (χ1v) is 10.0. The Morgan fingerprint density at radius 1 is 0.962 bits per heavy atom. The quantitative estimate of drug-likeness (QED) is 0.793. The topological polar surface area (TPSA) is 61.4 Å². The minimum atomic E-state index is -0.212. The van der Waals surface area contributed by atoms with E-state index in [-0.39, 0.29) is 11.9 Å². The van der Waals surface area contributed by atoms with Gasteiger partial charge < -0.3 is 15.5 Å². The van der Waals surface area contributed by atoms with E-state index in [1.54, 1.807) is 24.3 Å². The van der Waals surface area contributed by atoms with Crippen LogP contribution in [0.3, 0.4) is 0 Å². The van der Waals surface area contributed by atoms with Crippen molar-refractivity contribution in [3.8, 4) is 0 Å². The zero-order valence-corrected chi connectivity index (χ0v) is 15.7. The Labute approximate surface area is 159 Å². The van der Waals surface area contributed by atoms with Crippen molar-refractivity contribution in [2.75, 3.05) is 19.6 Å². The van der Waals surface area contributed by atoms with Crippen LogP contribution in [0.2, 0.25) is 5.02 Å². The lowest BCUT2D eigenvalue weighted by molar-refractivity contribution is 0.0953. The van der Waals surface area contributed by atoms with Gasteiger partial charge in [-0.2, -0.15) is 0 Å². The molecule has 26 heavy (non-hydrogen) atoms. The molecule has 0 spiro atoms. The summed E-state index contributed by atoms with van der Waals surface area (Å²) in [6, 6.07) is 7.39. The van der Waals surface area contributed by atoms with E-state index in [0.717, 1.165) is 18.4 Å². The van der Waals surface area contributed by atoms with E-state index in [9.17, 15) is 9.59 Å². The standard InChI is InChI=1S/C20H26ClN3O2/c21-18-4-2-1-3-17(18)19(25)22-5-6-23-20(26)24-12-15-8-13-7-14(9-15)11-16(24)10-13/h1-4,13-16H,5-12H2,(H,22,25)(H,23,26). The van der Waals surface area contributed by atoms with Gasteiger partial charge in [-0.05, 0) is 62.0 Å². The fourth-order valence-electron chi connectivity index (χ4n) is 5.22. The number of benzene rings is 1. The highest BCUT2D eigenvalue weighted by Crippen LogP contribution is 2.47. The Hall–Kier alpha value is -1.75. The summed E-state index contributed by atoms with van der Waals surface area (Å²) in [5.74, 6) is 2.11. The second-order valence-electron chi connectivity index (χ2n) is 8.05. The number of hydrogen-bond donors (Lipinski definition) is 2. The summed E-state index contributed by atoms with van der Waals surface area (Å²) >= 11 is 6.03. The summed E-state index contributed by atoms with van der Waals surface area (Å²) in [5, 5.41) is 6.23. The van der Waals surface area contributed by atoms with Crippen LogP contribution in [-0.4, -0.2) is 42.5 Å². The number of rotatable bonds is 4. The molecule has 4 bridgehead atoms. The Bertz CT molecular complexity index is 681. The van der Waals surface area contributed by atoms with E-state index in [2.05, 4.69) is 15.5 Å². The molecular formula is C20H26ClN3O2. The van der Waals surface area contributed by atoms with Gasteiger partial charge in [0.1, 0.15) is 0 Å². The molecule has 2 heterocycles. The Kier molecular flexibility index (Phi) is 5.07. The van der Waals surface area contributed by atoms with Crippen molar-refractivity contribution in [1.29, 1.82) is 0 Å². The molecule has 4 fully saturated rings. The number of halogens is 1. The van der Waals surface area contributed by atoms with Gasteiger partial charge in [0, 0.05) is 25.7 Å². The number of fused-ring (bicyclic) bond motifs is 1. The number of urea groups is 1. The van der Waals surface area contributed by atoms with Crippen molar-refractivity contribution in [2.24, 2.45) is 17.8 Å². The lowest BCUT2D eigenvalue weighted by atomic mass is 9.68. The number of nitrogens with zero attached hydrogens (tertiary/aromatic N) is 1. The molecule has 4 aliphatic rings. The molecule has 5 rings (SSSR count). The van der Waals surface area contributed by atoms with Gasteiger partial charge in [0.15, 0.2) is 0 Å².